The predicted molar refractivity (Wildman–Crippen MR) is 74.7 cm³/mol. The van der Waals surface area contributed by atoms with Gasteiger partial charge in [-0.05, 0) is 35.6 Å². The van der Waals surface area contributed by atoms with Crippen LogP contribution in [0.5, 0.6) is 0 Å². The summed E-state index contributed by atoms with van der Waals surface area (Å²) in [6.45, 7) is 2.04. The van der Waals surface area contributed by atoms with Crippen LogP contribution in [0.15, 0.2) is 36.0 Å². The van der Waals surface area contributed by atoms with Crippen LogP contribution in [0.3, 0.4) is 0 Å². The lowest BCUT2D eigenvalue weighted by Crippen LogP contribution is -2.10. The van der Waals surface area contributed by atoms with Gasteiger partial charge in [-0.3, -0.25) is 4.98 Å². The first-order chi connectivity index (χ1) is 8.24. The van der Waals surface area contributed by atoms with Gasteiger partial charge in [-0.2, -0.15) is 0 Å². The summed E-state index contributed by atoms with van der Waals surface area (Å²) in [5.74, 6) is 0. The quantitative estimate of drug-likeness (QED) is 0.762. The molecular weight excluding hydrogens is 248 g/mol. The van der Waals surface area contributed by atoms with E-state index < -0.39 is 0 Å². The molecule has 0 aliphatic heterocycles. The molecule has 4 heteroatoms. The van der Waals surface area contributed by atoms with Gasteiger partial charge in [-0.1, -0.05) is 6.07 Å². The Bertz CT molecular complexity index is 626. The van der Waals surface area contributed by atoms with Gasteiger partial charge in [0.1, 0.15) is 0 Å². The maximum Gasteiger partial charge on any atom is 0.0661 e. The van der Waals surface area contributed by atoms with E-state index in [1.165, 1.54) is 14.3 Å². The van der Waals surface area contributed by atoms with E-state index in [-0.39, 0.29) is 6.04 Å². The molecule has 3 aromatic heterocycles. The van der Waals surface area contributed by atoms with E-state index in [1.807, 2.05) is 19.3 Å². The molecule has 0 fully saturated rings. The van der Waals surface area contributed by atoms with Crippen LogP contribution in [0.1, 0.15) is 22.0 Å². The molecule has 0 spiro atoms. The summed E-state index contributed by atoms with van der Waals surface area (Å²) in [6.07, 6.45) is 3.70. The smallest absolute Gasteiger partial charge is 0.0661 e. The fraction of sp³-hybridized carbons (Fsp3) is 0.154. The zero-order valence-corrected chi connectivity index (χ0v) is 11.0. The van der Waals surface area contributed by atoms with Crippen molar-refractivity contribution in [2.75, 3.05) is 0 Å². The third-order valence-corrected chi connectivity index (χ3v) is 4.90. The minimum atomic E-state index is -0.0630. The molecule has 0 bridgehead atoms. The van der Waals surface area contributed by atoms with E-state index in [0.717, 1.165) is 11.1 Å². The Hall–Kier alpha value is -1.23. The highest BCUT2D eigenvalue weighted by atomic mass is 32.1. The topological polar surface area (TPSA) is 38.9 Å². The third kappa shape index (κ3) is 1.99. The lowest BCUT2D eigenvalue weighted by molar-refractivity contribution is 0.882. The number of nitrogens with zero attached hydrogens (tertiary/aromatic N) is 1. The lowest BCUT2D eigenvalue weighted by atomic mass is 10.1. The van der Waals surface area contributed by atoms with E-state index in [4.69, 9.17) is 5.73 Å². The highest BCUT2D eigenvalue weighted by molar-refractivity contribution is 7.26. The van der Waals surface area contributed by atoms with E-state index in [1.54, 1.807) is 22.7 Å². The lowest BCUT2D eigenvalue weighted by Gasteiger charge is -2.09. The maximum atomic E-state index is 6.28. The number of pyridine rings is 1. The van der Waals surface area contributed by atoms with Gasteiger partial charge in [0.05, 0.1) is 6.04 Å². The molecule has 3 aromatic rings. The molecule has 2 nitrogen and oxygen atoms in total. The van der Waals surface area contributed by atoms with Crippen molar-refractivity contribution < 1.29 is 0 Å². The fourth-order valence-corrected chi connectivity index (χ4v) is 4.00. The van der Waals surface area contributed by atoms with Crippen molar-refractivity contribution in [2.45, 2.75) is 13.0 Å². The minimum Gasteiger partial charge on any atom is -0.320 e. The number of rotatable bonds is 2. The number of hydrogen-bond donors (Lipinski definition) is 1. The van der Waals surface area contributed by atoms with Crippen LogP contribution in [0, 0.1) is 6.92 Å². The molecular formula is C13H12N2S2. The highest BCUT2D eigenvalue weighted by Crippen LogP contribution is 2.34. The number of aromatic nitrogens is 1. The molecule has 0 aliphatic rings. The van der Waals surface area contributed by atoms with Crippen molar-refractivity contribution in [1.29, 1.82) is 0 Å². The van der Waals surface area contributed by atoms with Gasteiger partial charge < -0.3 is 5.73 Å². The molecule has 0 saturated carbocycles. The minimum absolute atomic E-state index is 0.0630. The van der Waals surface area contributed by atoms with Gasteiger partial charge in [-0.15, -0.1) is 22.7 Å². The Morgan fingerprint density at radius 1 is 1.24 bits per heavy atom. The van der Waals surface area contributed by atoms with Gasteiger partial charge in [0.25, 0.3) is 0 Å². The van der Waals surface area contributed by atoms with Crippen LogP contribution >= 0.6 is 22.7 Å². The zero-order chi connectivity index (χ0) is 11.8. The summed E-state index contributed by atoms with van der Waals surface area (Å²) in [7, 11) is 0. The average Bonchev–Trinajstić information content (AvgIpc) is 2.88. The summed E-state index contributed by atoms with van der Waals surface area (Å²) in [6, 6.07) is 6.38. The van der Waals surface area contributed by atoms with Gasteiger partial charge >= 0.3 is 0 Å². The van der Waals surface area contributed by atoms with Crippen LogP contribution in [-0.2, 0) is 0 Å². The molecule has 1 atom stereocenters. The first-order valence-electron chi connectivity index (χ1n) is 5.38. The molecule has 0 aromatic carbocycles. The standard InChI is InChI=1S/C13H12N2S2/c1-8-4-9(7-15-6-8)13(14)12-5-11-10(17-12)2-3-16-11/h2-7,13H,14H2,1H3. The maximum absolute atomic E-state index is 6.28. The first kappa shape index (κ1) is 10.9. The first-order valence-corrected chi connectivity index (χ1v) is 7.08. The predicted octanol–water partition coefficient (Wildman–Crippen LogP) is 3.71. The third-order valence-electron chi connectivity index (χ3n) is 2.72. The monoisotopic (exact) mass is 260 g/mol. The van der Waals surface area contributed by atoms with Crippen molar-refractivity contribution in [3.63, 3.8) is 0 Å². The van der Waals surface area contributed by atoms with Crippen LogP contribution in [0.4, 0.5) is 0 Å². The molecule has 3 heterocycles. The average molecular weight is 260 g/mol. The number of aryl methyl sites for hydroxylation is 1. The van der Waals surface area contributed by atoms with Gasteiger partial charge in [0.15, 0.2) is 0 Å². The van der Waals surface area contributed by atoms with Crippen LogP contribution < -0.4 is 5.73 Å². The molecule has 86 valence electrons. The Labute approximate surface area is 108 Å². The van der Waals surface area contributed by atoms with Gasteiger partial charge in [-0.25, -0.2) is 0 Å². The van der Waals surface area contributed by atoms with Crippen LogP contribution in [0.2, 0.25) is 0 Å². The number of fused-ring (bicyclic) bond motifs is 1. The zero-order valence-electron chi connectivity index (χ0n) is 9.38. The summed E-state index contributed by atoms with van der Waals surface area (Å²) >= 11 is 3.53. The summed E-state index contributed by atoms with van der Waals surface area (Å²) in [5.41, 5.74) is 8.51. The Kier molecular flexibility index (Phi) is 2.70. The van der Waals surface area contributed by atoms with E-state index in [0.29, 0.717) is 0 Å². The second-order valence-electron chi connectivity index (χ2n) is 4.07. The second kappa shape index (κ2) is 4.22. The second-order valence-corrected chi connectivity index (χ2v) is 6.13. The molecule has 2 N–H and O–H groups in total. The summed E-state index contributed by atoms with van der Waals surface area (Å²) in [4.78, 5) is 5.41. The largest absolute Gasteiger partial charge is 0.320 e. The van der Waals surface area contributed by atoms with Crippen molar-refractivity contribution in [1.82, 2.24) is 4.98 Å². The molecule has 0 amide bonds. The van der Waals surface area contributed by atoms with Gasteiger partial charge in [0, 0.05) is 26.7 Å². The SMILES string of the molecule is Cc1cncc(C(N)c2cc3sccc3s2)c1. The molecule has 0 saturated heterocycles. The fourth-order valence-electron chi connectivity index (χ4n) is 1.85. The molecule has 1 unspecified atom stereocenters. The summed E-state index contributed by atoms with van der Waals surface area (Å²) in [5, 5.41) is 2.12. The van der Waals surface area contributed by atoms with E-state index in [9.17, 15) is 0 Å². The Balaban J connectivity index is 2.01. The summed E-state index contributed by atoms with van der Waals surface area (Å²) < 4.78 is 2.64. The highest BCUT2D eigenvalue weighted by Gasteiger charge is 2.13. The Morgan fingerprint density at radius 3 is 2.88 bits per heavy atom. The van der Waals surface area contributed by atoms with Crippen LogP contribution in [-0.4, -0.2) is 4.98 Å². The Morgan fingerprint density at radius 2 is 2.12 bits per heavy atom. The van der Waals surface area contributed by atoms with Crippen molar-refractivity contribution in [2.24, 2.45) is 5.73 Å². The molecule has 0 radical (unpaired) electrons. The molecule has 3 rings (SSSR count). The number of nitrogens with two attached hydrogens (primary N) is 1. The number of hydrogen-bond acceptors (Lipinski definition) is 4. The van der Waals surface area contributed by atoms with Gasteiger partial charge in [0.2, 0.25) is 0 Å². The molecule has 0 aliphatic carbocycles. The number of thiophene rings is 2. The normalized spacial score (nSPS) is 13.1. The van der Waals surface area contributed by atoms with Crippen molar-refractivity contribution in [3.05, 3.63) is 52.0 Å². The van der Waals surface area contributed by atoms with Crippen molar-refractivity contribution >= 4 is 32.1 Å². The molecule has 17 heavy (non-hydrogen) atoms. The van der Waals surface area contributed by atoms with Crippen LogP contribution in [0.25, 0.3) is 9.40 Å². The van der Waals surface area contributed by atoms with Crippen molar-refractivity contribution in [3.8, 4) is 0 Å². The van der Waals surface area contributed by atoms with E-state index >= 15 is 0 Å². The van der Waals surface area contributed by atoms with E-state index in [2.05, 4.69) is 28.6 Å².